The summed E-state index contributed by atoms with van der Waals surface area (Å²) in [6.07, 6.45) is 3.21. The molecule has 0 spiro atoms. The van der Waals surface area contributed by atoms with Crippen molar-refractivity contribution in [1.29, 1.82) is 0 Å². The Morgan fingerprint density at radius 2 is 1.65 bits per heavy atom. The number of carbonyl (C=O) groups excluding carboxylic acids is 2. The number of nitrogens with one attached hydrogen (secondary N) is 1. The maximum atomic E-state index is 14.2. The van der Waals surface area contributed by atoms with Gasteiger partial charge in [0.05, 0.1) is 5.69 Å². The highest BCUT2D eigenvalue weighted by Crippen LogP contribution is 2.33. The van der Waals surface area contributed by atoms with Gasteiger partial charge in [-0.25, -0.2) is 4.79 Å². The highest BCUT2D eigenvalue weighted by atomic mass is 16.6. The van der Waals surface area contributed by atoms with E-state index in [0.717, 1.165) is 22.0 Å². The number of rotatable bonds is 9. The molecule has 2 amide bonds. The Kier molecular flexibility index (Phi) is 8.45. The minimum atomic E-state index is -2.10. The fraction of sp³-hybridized carbons (Fsp3) is 0.273. The number of benzene rings is 3. The number of anilines is 1. The Balaban J connectivity index is 1.67. The first-order chi connectivity index (χ1) is 19.0. The first-order valence-corrected chi connectivity index (χ1v) is 13.3. The lowest BCUT2D eigenvalue weighted by atomic mass is 9.90. The number of hydrogen-bond acceptors (Lipinski definition) is 4. The van der Waals surface area contributed by atoms with Gasteiger partial charge in [-0.2, -0.15) is 0 Å². The van der Waals surface area contributed by atoms with E-state index in [2.05, 4.69) is 34.8 Å². The van der Waals surface area contributed by atoms with Crippen molar-refractivity contribution < 1.29 is 19.4 Å². The third-order valence-corrected chi connectivity index (χ3v) is 6.73. The predicted molar refractivity (Wildman–Crippen MR) is 159 cm³/mol. The lowest BCUT2D eigenvalue weighted by molar-refractivity contribution is -0.148. The maximum absolute atomic E-state index is 14.2. The molecule has 0 fully saturated rings. The Bertz CT molecular complexity index is 1500. The van der Waals surface area contributed by atoms with Gasteiger partial charge in [-0.1, -0.05) is 73.3 Å². The minimum absolute atomic E-state index is 0.212. The lowest BCUT2D eigenvalue weighted by Crippen LogP contribution is -2.46. The van der Waals surface area contributed by atoms with Crippen molar-refractivity contribution in [3.8, 4) is 0 Å². The van der Waals surface area contributed by atoms with E-state index in [9.17, 15) is 14.7 Å². The van der Waals surface area contributed by atoms with E-state index >= 15 is 0 Å². The molecule has 3 aromatic carbocycles. The summed E-state index contributed by atoms with van der Waals surface area (Å²) in [5.41, 5.74) is 0.823. The first kappa shape index (κ1) is 28.6. The van der Waals surface area contributed by atoms with Gasteiger partial charge in [-0.15, -0.1) is 0 Å². The van der Waals surface area contributed by atoms with Crippen molar-refractivity contribution >= 4 is 28.6 Å². The van der Waals surface area contributed by atoms with Gasteiger partial charge in [0, 0.05) is 42.8 Å². The summed E-state index contributed by atoms with van der Waals surface area (Å²) in [5.74, 6) is -0.537. The second-order valence-corrected chi connectivity index (χ2v) is 10.9. The van der Waals surface area contributed by atoms with E-state index in [0.29, 0.717) is 19.5 Å². The molecular formula is C33H37N3O4. The normalized spacial score (nSPS) is 12.9. The molecule has 0 radical (unpaired) electrons. The summed E-state index contributed by atoms with van der Waals surface area (Å²) in [7, 11) is 2.00. The van der Waals surface area contributed by atoms with Crippen molar-refractivity contribution in [3.05, 3.63) is 114 Å². The predicted octanol–water partition coefficient (Wildman–Crippen LogP) is 6.17. The molecule has 2 N–H and O–H groups in total. The van der Waals surface area contributed by atoms with Crippen LogP contribution in [0.15, 0.2) is 97.7 Å². The molecule has 0 saturated heterocycles. The minimum Gasteiger partial charge on any atom is -0.444 e. The van der Waals surface area contributed by atoms with Crippen molar-refractivity contribution in [2.75, 3.05) is 11.9 Å². The van der Waals surface area contributed by atoms with Gasteiger partial charge in [0.2, 0.25) is 0 Å². The number of hydrogen-bond donors (Lipinski definition) is 2. The van der Waals surface area contributed by atoms with Crippen LogP contribution < -0.4 is 5.32 Å². The smallest absolute Gasteiger partial charge is 0.412 e. The van der Waals surface area contributed by atoms with Crippen LogP contribution in [0, 0.1) is 0 Å². The number of para-hydroxylation sites is 2. The highest BCUT2D eigenvalue weighted by Gasteiger charge is 2.40. The number of aryl methyl sites for hydroxylation is 1. The largest absolute Gasteiger partial charge is 0.444 e. The number of ether oxygens (including phenoxy) is 1. The van der Waals surface area contributed by atoms with E-state index in [1.807, 2.05) is 49.5 Å². The molecule has 4 rings (SSSR count). The second kappa shape index (κ2) is 11.8. The fourth-order valence-corrected chi connectivity index (χ4v) is 4.83. The van der Waals surface area contributed by atoms with E-state index in [1.165, 1.54) is 6.08 Å². The monoisotopic (exact) mass is 539 g/mol. The van der Waals surface area contributed by atoms with Crippen LogP contribution in [-0.2, 0) is 35.1 Å². The molecule has 4 aromatic rings. The molecule has 0 aliphatic heterocycles. The van der Waals surface area contributed by atoms with Gasteiger partial charge in [0.25, 0.3) is 5.91 Å². The molecule has 40 heavy (non-hydrogen) atoms. The third kappa shape index (κ3) is 6.43. The molecule has 208 valence electrons. The Morgan fingerprint density at radius 3 is 2.35 bits per heavy atom. The quantitative estimate of drug-likeness (QED) is 0.249. The van der Waals surface area contributed by atoms with Crippen LogP contribution in [0.25, 0.3) is 10.9 Å². The molecule has 7 heteroatoms. The Morgan fingerprint density at radius 1 is 1.00 bits per heavy atom. The summed E-state index contributed by atoms with van der Waals surface area (Å²) < 4.78 is 7.48. The zero-order chi connectivity index (χ0) is 28.9. The molecule has 1 atom stereocenters. The average Bonchev–Trinajstić information content (AvgIpc) is 3.25. The molecule has 1 unspecified atom stereocenters. The molecule has 1 heterocycles. The van der Waals surface area contributed by atoms with Crippen LogP contribution in [0.4, 0.5) is 10.5 Å². The molecular weight excluding hydrogens is 502 g/mol. The summed E-state index contributed by atoms with van der Waals surface area (Å²) >= 11 is 0. The van der Waals surface area contributed by atoms with Crippen molar-refractivity contribution in [3.63, 3.8) is 0 Å². The topological polar surface area (TPSA) is 83.8 Å². The van der Waals surface area contributed by atoms with Gasteiger partial charge in [0.1, 0.15) is 5.60 Å². The molecule has 1 aromatic heterocycles. The molecule has 0 aliphatic rings. The summed E-state index contributed by atoms with van der Waals surface area (Å²) in [6, 6.07) is 24.5. The van der Waals surface area contributed by atoms with E-state index in [1.54, 1.807) is 49.9 Å². The SMILES string of the molecule is C=CC(O)(C(=O)N(CCc1cn(C)c2ccccc12)Cc1ccccc1)c1ccccc1NC(=O)OC(C)(C)C. The number of amides is 2. The zero-order valence-corrected chi connectivity index (χ0v) is 23.6. The third-order valence-electron chi connectivity index (χ3n) is 6.73. The number of aliphatic hydroxyl groups is 1. The van der Waals surface area contributed by atoms with Gasteiger partial charge < -0.3 is 19.3 Å². The number of aromatic nitrogens is 1. The summed E-state index contributed by atoms with van der Waals surface area (Å²) in [4.78, 5) is 28.4. The Hall–Kier alpha value is -4.36. The number of fused-ring (bicyclic) bond motifs is 1. The number of carbonyl (C=O) groups is 2. The lowest BCUT2D eigenvalue weighted by Gasteiger charge is -2.33. The maximum Gasteiger partial charge on any atom is 0.412 e. The number of nitrogens with zero attached hydrogens (tertiary/aromatic N) is 2. The molecule has 0 saturated carbocycles. The van der Waals surface area contributed by atoms with Gasteiger partial charge >= 0.3 is 6.09 Å². The van der Waals surface area contributed by atoms with Gasteiger partial charge in [-0.05, 0) is 56.5 Å². The fourth-order valence-electron chi connectivity index (χ4n) is 4.83. The molecule has 0 bridgehead atoms. The zero-order valence-electron chi connectivity index (χ0n) is 23.6. The van der Waals surface area contributed by atoms with Crippen LogP contribution in [0.2, 0.25) is 0 Å². The first-order valence-electron chi connectivity index (χ1n) is 13.3. The summed E-state index contributed by atoms with van der Waals surface area (Å²) in [5, 5.41) is 15.7. The molecule has 0 aliphatic carbocycles. The van der Waals surface area contributed by atoms with Crippen LogP contribution in [-0.4, -0.2) is 38.7 Å². The average molecular weight is 540 g/mol. The van der Waals surface area contributed by atoms with Crippen molar-refractivity contribution in [2.24, 2.45) is 7.05 Å². The summed E-state index contributed by atoms with van der Waals surface area (Å²) in [6.45, 7) is 9.76. The van der Waals surface area contributed by atoms with Crippen LogP contribution in [0.3, 0.4) is 0 Å². The van der Waals surface area contributed by atoms with Gasteiger partial charge in [-0.3, -0.25) is 10.1 Å². The van der Waals surface area contributed by atoms with Crippen molar-refractivity contribution in [2.45, 2.75) is 44.9 Å². The highest BCUT2D eigenvalue weighted by molar-refractivity contribution is 5.93. The Labute approximate surface area is 235 Å². The standard InChI is InChI=1S/C33H37N3O4/c1-6-33(39,27-17-11-12-18-28(27)34-31(38)40-32(2,3)4)30(37)36(22-24-14-8-7-9-15-24)21-20-25-23-35(5)29-19-13-10-16-26(25)29/h6-19,23,39H,1,20-22H2,2-5H3,(H,34,38). The van der Waals surface area contributed by atoms with E-state index < -0.39 is 23.2 Å². The van der Waals surface area contributed by atoms with Gasteiger partial charge in [0.15, 0.2) is 5.60 Å². The van der Waals surface area contributed by atoms with Crippen LogP contribution in [0.5, 0.6) is 0 Å². The van der Waals surface area contributed by atoms with Crippen LogP contribution in [0.1, 0.15) is 37.5 Å². The van der Waals surface area contributed by atoms with Crippen molar-refractivity contribution in [1.82, 2.24) is 9.47 Å². The van der Waals surface area contributed by atoms with E-state index in [-0.39, 0.29) is 11.3 Å². The van der Waals surface area contributed by atoms with E-state index in [4.69, 9.17) is 4.74 Å². The second-order valence-electron chi connectivity index (χ2n) is 10.9. The van der Waals surface area contributed by atoms with Crippen LogP contribution >= 0.6 is 0 Å². The molecule has 7 nitrogen and oxygen atoms in total.